The molecule has 0 radical (unpaired) electrons. The van der Waals surface area contributed by atoms with E-state index < -0.39 is 0 Å². The Kier molecular flexibility index (Phi) is 3.72. The maximum Gasteiger partial charge on any atom is 0.0757 e. The van der Waals surface area contributed by atoms with Crippen LogP contribution in [0.15, 0.2) is 30.6 Å². The first-order chi connectivity index (χ1) is 8.58. The molecule has 1 atom stereocenters. The highest BCUT2D eigenvalue weighted by atomic mass is 14.8. The molecule has 0 amide bonds. The van der Waals surface area contributed by atoms with Crippen LogP contribution in [0.4, 0.5) is 0 Å². The normalized spacial score (nSPS) is 12.4. The standard InChI is InChI=1S/C15H19N3/c1-10-5-4-6-11(2)13(10)7-14(16)15-9-17-12(3)8-18-15/h4-6,8-9,14H,7,16H2,1-3H3. The molecule has 0 fully saturated rings. The summed E-state index contributed by atoms with van der Waals surface area (Å²) in [5.41, 5.74) is 11.9. The van der Waals surface area contributed by atoms with Crippen LogP contribution < -0.4 is 5.73 Å². The van der Waals surface area contributed by atoms with Crippen LogP contribution in [0.3, 0.4) is 0 Å². The predicted octanol–water partition coefficient (Wildman–Crippen LogP) is 2.64. The molecule has 18 heavy (non-hydrogen) atoms. The van der Waals surface area contributed by atoms with Crippen LogP contribution in [-0.4, -0.2) is 9.97 Å². The van der Waals surface area contributed by atoms with E-state index in [1.165, 1.54) is 16.7 Å². The van der Waals surface area contributed by atoms with Gasteiger partial charge in [0, 0.05) is 6.20 Å². The summed E-state index contributed by atoms with van der Waals surface area (Å²) in [5.74, 6) is 0. The van der Waals surface area contributed by atoms with Gasteiger partial charge in [-0.1, -0.05) is 18.2 Å². The maximum absolute atomic E-state index is 6.21. The second kappa shape index (κ2) is 5.27. The van der Waals surface area contributed by atoms with Gasteiger partial charge in [0.1, 0.15) is 0 Å². The van der Waals surface area contributed by atoms with Crippen molar-refractivity contribution < 1.29 is 0 Å². The summed E-state index contributed by atoms with van der Waals surface area (Å²) >= 11 is 0. The first kappa shape index (κ1) is 12.7. The van der Waals surface area contributed by atoms with Gasteiger partial charge in [0.15, 0.2) is 0 Å². The van der Waals surface area contributed by atoms with Crippen molar-refractivity contribution in [1.82, 2.24) is 9.97 Å². The second-order valence-corrected chi connectivity index (χ2v) is 4.76. The molecular weight excluding hydrogens is 222 g/mol. The van der Waals surface area contributed by atoms with E-state index in [9.17, 15) is 0 Å². The van der Waals surface area contributed by atoms with Crippen LogP contribution in [0.1, 0.15) is 34.1 Å². The molecule has 2 rings (SSSR count). The van der Waals surface area contributed by atoms with E-state index in [0.717, 1.165) is 17.8 Å². The minimum atomic E-state index is -0.0992. The fourth-order valence-corrected chi connectivity index (χ4v) is 2.09. The summed E-state index contributed by atoms with van der Waals surface area (Å²) in [6.07, 6.45) is 4.34. The third-order valence-electron chi connectivity index (χ3n) is 3.25. The Balaban J connectivity index is 2.21. The van der Waals surface area contributed by atoms with Gasteiger partial charge in [-0.05, 0) is 43.9 Å². The topological polar surface area (TPSA) is 51.8 Å². The highest BCUT2D eigenvalue weighted by Crippen LogP contribution is 2.20. The fraction of sp³-hybridized carbons (Fsp3) is 0.333. The van der Waals surface area contributed by atoms with Gasteiger partial charge in [0.05, 0.1) is 23.6 Å². The minimum Gasteiger partial charge on any atom is -0.322 e. The minimum absolute atomic E-state index is 0.0992. The van der Waals surface area contributed by atoms with Gasteiger partial charge in [0.2, 0.25) is 0 Å². The summed E-state index contributed by atoms with van der Waals surface area (Å²) in [6.45, 7) is 6.17. The first-order valence-electron chi connectivity index (χ1n) is 6.17. The molecule has 0 bridgehead atoms. The summed E-state index contributed by atoms with van der Waals surface area (Å²) in [6, 6.07) is 6.22. The van der Waals surface area contributed by atoms with Crippen LogP contribution in [0.5, 0.6) is 0 Å². The zero-order valence-electron chi connectivity index (χ0n) is 11.1. The Morgan fingerprint density at radius 2 is 1.72 bits per heavy atom. The average Bonchev–Trinajstić information content (AvgIpc) is 2.34. The second-order valence-electron chi connectivity index (χ2n) is 4.76. The van der Waals surface area contributed by atoms with Crippen LogP contribution >= 0.6 is 0 Å². The van der Waals surface area contributed by atoms with E-state index in [-0.39, 0.29) is 6.04 Å². The van der Waals surface area contributed by atoms with Gasteiger partial charge in [-0.15, -0.1) is 0 Å². The van der Waals surface area contributed by atoms with Crippen LogP contribution in [0.25, 0.3) is 0 Å². The number of aryl methyl sites for hydroxylation is 3. The molecule has 1 aromatic heterocycles. The molecule has 1 unspecified atom stereocenters. The van der Waals surface area contributed by atoms with Gasteiger partial charge in [-0.3, -0.25) is 9.97 Å². The molecule has 2 aromatic rings. The smallest absolute Gasteiger partial charge is 0.0757 e. The van der Waals surface area contributed by atoms with Crippen LogP contribution in [0.2, 0.25) is 0 Å². The fourth-order valence-electron chi connectivity index (χ4n) is 2.09. The number of rotatable bonds is 3. The Hall–Kier alpha value is -1.74. The van der Waals surface area contributed by atoms with E-state index >= 15 is 0 Å². The Morgan fingerprint density at radius 1 is 1.06 bits per heavy atom. The SMILES string of the molecule is Cc1cnc(C(N)Cc2c(C)cccc2C)cn1. The molecule has 0 saturated heterocycles. The number of hydrogen-bond donors (Lipinski definition) is 1. The molecular formula is C15H19N3. The number of nitrogens with two attached hydrogens (primary N) is 1. The van der Waals surface area contributed by atoms with Crippen molar-refractivity contribution in [3.63, 3.8) is 0 Å². The number of hydrogen-bond acceptors (Lipinski definition) is 3. The molecule has 0 aliphatic carbocycles. The molecule has 1 heterocycles. The number of nitrogens with zero attached hydrogens (tertiary/aromatic N) is 2. The third-order valence-corrected chi connectivity index (χ3v) is 3.25. The quantitative estimate of drug-likeness (QED) is 0.898. The number of benzene rings is 1. The largest absolute Gasteiger partial charge is 0.322 e. The van der Waals surface area contributed by atoms with Crippen molar-refractivity contribution in [2.24, 2.45) is 5.73 Å². The lowest BCUT2D eigenvalue weighted by Crippen LogP contribution is -2.16. The van der Waals surface area contributed by atoms with E-state index in [0.29, 0.717) is 0 Å². The van der Waals surface area contributed by atoms with Gasteiger partial charge in [-0.25, -0.2) is 0 Å². The van der Waals surface area contributed by atoms with E-state index in [4.69, 9.17) is 5.73 Å². The molecule has 0 saturated carbocycles. The van der Waals surface area contributed by atoms with Crippen molar-refractivity contribution in [2.75, 3.05) is 0 Å². The molecule has 3 heteroatoms. The molecule has 0 aliphatic heterocycles. The van der Waals surface area contributed by atoms with Crippen molar-refractivity contribution >= 4 is 0 Å². The van der Waals surface area contributed by atoms with Crippen molar-refractivity contribution in [1.29, 1.82) is 0 Å². The maximum atomic E-state index is 6.21. The zero-order chi connectivity index (χ0) is 13.1. The van der Waals surface area contributed by atoms with Crippen LogP contribution in [0, 0.1) is 20.8 Å². The lowest BCUT2D eigenvalue weighted by atomic mass is 9.95. The first-order valence-corrected chi connectivity index (χ1v) is 6.17. The van der Waals surface area contributed by atoms with Crippen molar-refractivity contribution in [3.05, 3.63) is 58.7 Å². The lowest BCUT2D eigenvalue weighted by molar-refractivity contribution is 0.684. The summed E-state index contributed by atoms with van der Waals surface area (Å²) in [7, 11) is 0. The van der Waals surface area contributed by atoms with E-state index in [1.54, 1.807) is 12.4 Å². The Morgan fingerprint density at radius 3 is 2.28 bits per heavy atom. The van der Waals surface area contributed by atoms with E-state index in [1.807, 2.05) is 6.92 Å². The van der Waals surface area contributed by atoms with Crippen molar-refractivity contribution in [2.45, 2.75) is 33.2 Å². The third kappa shape index (κ3) is 2.74. The lowest BCUT2D eigenvalue weighted by Gasteiger charge is -2.15. The van der Waals surface area contributed by atoms with Gasteiger partial charge in [0.25, 0.3) is 0 Å². The molecule has 3 nitrogen and oxygen atoms in total. The highest BCUT2D eigenvalue weighted by molar-refractivity contribution is 5.34. The monoisotopic (exact) mass is 241 g/mol. The molecule has 1 aromatic carbocycles. The molecule has 0 aliphatic rings. The highest BCUT2D eigenvalue weighted by Gasteiger charge is 2.12. The Bertz CT molecular complexity index is 512. The van der Waals surface area contributed by atoms with E-state index in [2.05, 4.69) is 42.0 Å². The van der Waals surface area contributed by atoms with Crippen LogP contribution in [-0.2, 0) is 6.42 Å². The van der Waals surface area contributed by atoms with Gasteiger partial charge >= 0.3 is 0 Å². The molecule has 2 N–H and O–H groups in total. The predicted molar refractivity (Wildman–Crippen MR) is 73.3 cm³/mol. The summed E-state index contributed by atoms with van der Waals surface area (Å²) in [5, 5.41) is 0. The zero-order valence-corrected chi connectivity index (χ0v) is 11.1. The Labute approximate surface area is 108 Å². The summed E-state index contributed by atoms with van der Waals surface area (Å²) < 4.78 is 0. The van der Waals surface area contributed by atoms with Gasteiger partial charge < -0.3 is 5.73 Å². The summed E-state index contributed by atoms with van der Waals surface area (Å²) in [4.78, 5) is 8.59. The molecule has 94 valence electrons. The average molecular weight is 241 g/mol. The molecule has 0 spiro atoms. The number of aromatic nitrogens is 2. The van der Waals surface area contributed by atoms with Gasteiger partial charge in [-0.2, -0.15) is 0 Å². The van der Waals surface area contributed by atoms with Crippen molar-refractivity contribution in [3.8, 4) is 0 Å².